The maximum atomic E-state index is 2.45. The molecule has 1 aliphatic carbocycles. The lowest BCUT2D eigenvalue weighted by molar-refractivity contribution is 0.886. The van der Waals surface area contributed by atoms with Gasteiger partial charge in [0.2, 0.25) is 0 Å². The van der Waals surface area contributed by atoms with Crippen molar-refractivity contribution in [2.45, 2.75) is 53.9 Å². The Morgan fingerprint density at radius 2 is 1.50 bits per heavy atom. The molecule has 0 N–H and O–H groups in total. The summed E-state index contributed by atoms with van der Waals surface area (Å²) in [5.41, 5.74) is 12.9. The molecule has 0 bridgehead atoms. The third kappa shape index (κ3) is 3.48. The first kappa shape index (κ1) is 20.8. The fourth-order valence-electron chi connectivity index (χ4n) is 5.48. The third-order valence-electron chi connectivity index (χ3n) is 7.46. The van der Waals surface area contributed by atoms with Crippen molar-refractivity contribution in [3.63, 3.8) is 0 Å². The molecule has 0 saturated carbocycles. The minimum atomic E-state index is 1.05. The lowest BCUT2D eigenvalue weighted by atomic mass is 9.82. The molecule has 4 aromatic carbocycles. The Hall–Kier alpha value is -3.12. The molecule has 5 rings (SSSR count). The second-order valence-electron chi connectivity index (χ2n) is 9.57. The zero-order chi connectivity index (χ0) is 22.4. The summed E-state index contributed by atoms with van der Waals surface area (Å²) in [4.78, 5) is 0. The first-order valence-electron chi connectivity index (χ1n) is 11.8. The normalized spacial score (nSPS) is 14.0. The minimum Gasteiger partial charge on any atom is -0.0840 e. The Morgan fingerprint density at radius 3 is 2.31 bits per heavy atom. The van der Waals surface area contributed by atoms with Gasteiger partial charge < -0.3 is 0 Å². The summed E-state index contributed by atoms with van der Waals surface area (Å²) in [6.45, 7) is 11.4. The van der Waals surface area contributed by atoms with E-state index in [1.54, 1.807) is 5.57 Å². The largest absolute Gasteiger partial charge is 0.0840 e. The first-order valence-corrected chi connectivity index (χ1v) is 11.8. The number of fused-ring (bicyclic) bond motifs is 3. The number of allylic oxidation sites excluding steroid dienone is 4. The highest BCUT2D eigenvalue weighted by Gasteiger charge is 2.18. The summed E-state index contributed by atoms with van der Waals surface area (Å²) in [7, 11) is 0. The fourth-order valence-corrected chi connectivity index (χ4v) is 5.48. The minimum absolute atomic E-state index is 1.05. The van der Waals surface area contributed by atoms with Gasteiger partial charge in [0.15, 0.2) is 0 Å². The number of rotatable bonds is 3. The van der Waals surface area contributed by atoms with E-state index in [0.717, 1.165) is 12.8 Å². The van der Waals surface area contributed by atoms with Crippen molar-refractivity contribution in [1.82, 2.24) is 0 Å². The number of aryl methyl sites for hydroxylation is 3. The highest BCUT2D eigenvalue weighted by atomic mass is 14.2. The van der Waals surface area contributed by atoms with E-state index in [1.165, 1.54) is 72.5 Å². The maximum absolute atomic E-state index is 2.45. The fraction of sp³-hybridized carbons (Fsp3) is 0.250. The molecule has 32 heavy (non-hydrogen) atoms. The molecule has 0 atom stereocenters. The first-order chi connectivity index (χ1) is 15.4. The molecule has 0 amide bonds. The molecule has 0 radical (unpaired) electrons. The van der Waals surface area contributed by atoms with Gasteiger partial charge in [-0.2, -0.15) is 0 Å². The standard InChI is InChI=1S/C32H32/c1-20-10-6-7-12-26(20)18-30-24(5)21(2)16-23(4)32(30)29-19-31-27(17-22(29)3)15-14-25-11-8-9-13-28(25)31/h6,8-11,13-17,19H,7,12,18H2,1-5H3. The highest BCUT2D eigenvalue weighted by molar-refractivity contribution is 6.09. The molecule has 0 fully saturated rings. The molecule has 1 aliphatic rings. The van der Waals surface area contributed by atoms with E-state index in [9.17, 15) is 0 Å². The van der Waals surface area contributed by atoms with Crippen LogP contribution in [0.2, 0.25) is 0 Å². The molecule has 0 saturated heterocycles. The Balaban J connectivity index is 1.79. The van der Waals surface area contributed by atoms with Crippen LogP contribution in [0.1, 0.15) is 47.6 Å². The molecular formula is C32H32. The van der Waals surface area contributed by atoms with Crippen molar-refractivity contribution in [2.75, 3.05) is 0 Å². The summed E-state index contributed by atoms with van der Waals surface area (Å²) in [6, 6.07) is 20.5. The molecule has 0 unspecified atom stereocenters. The van der Waals surface area contributed by atoms with Gasteiger partial charge in [0.05, 0.1) is 0 Å². The predicted molar refractivity (Wildman–Crippen MR) is 141 cm³/mol. The highest BCUT2D eigenvalue weighted by Crippen LogP contribution is 2.39. The van der Waals surface area contributed by atoms with Gasteiger partial charge in [-0.3, -0.25) is 0 Å². The van der Waals surface area contributed by atoms with Crippen molar-refractivity contribution in [1.29, 1.82) is 0 Å². The number of hydrogen-bond donors (Lipinski definition) is 0. The van der Waals surface area contributed by atoms with Gasteiger partial charge in [-0.05, 0) is 120 Å². The zero-order valence-corrected chi connectivity index (χ0v) is 20.0. The van der Waals surface area contributed by atoms with Crippen LogP contribution in [0, 0.1) is 27.7 Å². The predicted octanol–water partition coefficient (Wildman–Crippen LogP) is 9.10. The Bertz CT molecular complexity index is 1430. The van der Waals surface area contributed by atoms with E-state index in [1.807, 2.05) is 0 Å². The van der Waals surface area contributed by atoms with Crippen LogP contribution >= 0.6 is 0 Å². The average molecular weight is 417 g/mol. The van der Waals surface area contributed by atoms with Crippen LogP contribution in [0.4, 0.5) is 0 Å². The molecule has 0 aromatic heterocycles. The summed E-state index contributed by atoms with van der Waals surface area (Å²) in [5, 5.41) is 5.32. The molecule has 0 spiro atoms. The van der Waals surface area contributed by atoms with Gasteiger partial charge >= 0.3 is 0 Å². The van der Waals surface area contributed by atoms with E-state index in [-0.39, 0.29) is 0 Å². The van der Waals surface area contributed by atoms with Crippen molar-refractivity contribution in [2.24, 2.45) is 0 Å². The van der Waals surface area contributed by atoms with Crippen molar-refractivity contribution >= 4 is 21.5 Å². The smallest absolute Gasteiger partial charge is 0.00523 e. The van der Waals surface area contributed by atoms with Crippen LogP contribution in [0.15, 0.2) is 77.9 Å². The SMILES string of the molecule is CC1=C(Cc2c(C)c(C)cc(C)c2-c2cc3c(ccc4ccccc43)cc2C)CCC=C1. The van der Waals surface area contributed by atoms with Gasteiger partial charge in [0, 0.05) is 0 Å². The average Bonchev–Trinajstić information content (AvgIpc) is 2.78. The quantitative estimate of drug-likeness (QED) is 0.292. The van der Waals surface area contributed by atoms with Gasteiger partial charge in [0.1, 0.15) is 0 Å². The lowest BCUT2D eigenvalue weighted by Gasteiger charge is -2.23. The van der Waals surface area contributed by atoms with Crippen LogP contribution in [0.25, 0.3) is 32.7 Å². The van der Waals surface area contributed by atoms with E-state index in [0.29, 0.717) is 0 Å². The van der Waals surface area contributed by atoms with E-state index >= 15 is 0 Å². The van der Waals surface area contributed by atoms with Crippen molar-refractivity contribution < 1.29 is 0 Å². The number of hydrogen-bond acceptors (Lipinski definition) is 0. The van der Waals surface area contributed by atoms with Crippen molar-refractivity contribution in [3.05, 3.63) is 106 Å². The van der Waals surface area contributed by atoms with Crippen LogP contribution in [-0.4, -0.2) is 0 Å². The molecule has 0 aliphatic heterocycles. The van der Waals surface area contributed by atoms with E-state index in [4.69, 9.17) is 0 Å². The van der Waals surface area contributed by atoms with E-state index in [2.05, 4.69) is 101 Å². The second kappa shape index (κ2) is 8.10. The van der Waals surface area contributed by atoms with Gasteiger partial charge in [0.25, 0.3) is 0 Å². The maximum Gasteiger partial charge on any atom is -0.00523 e. The van der Waals surface area contributed by atoms with Crippen molar-refractivity contribution in [3.8, 4) is 11.1 Å². The Labute approximate surface area is 192 Å². The molecule has 4 aromatic rings. The summed E-state index contributed by atoms with van der Waals surface area (Å²) >= 11 is 0. The summed E-state index contributed by atoms with van der Waals surface area (Å²) < 4.78 is 0. The topological polar surface area (TPSA) is 0 Å². The third-order valence-corrected chi connectivity index (χ3v) is 7.46. The zero-order valence-electron chi connectivity index (χ0n) is 20.0. The van der Waals surface area contributed by atoms with Crippen LogP contribution in [0.3, 0.4) is 0 Å². The summed E-state index contributed by atoms with van der Waals surface area (Å²) in [6.07, 6.45) is 8.01. The molecule has 0 nitrogen and oxygen atoms in total. The van der Waals surface area contributed by atoms with Crippen LogP contribution < -0.4 is 0 Å². The lowest BCUT2D eigenvalue weighted by Crippen LogP contribution is -2.05. The second-order valence-corrected chi connectivity index (χ2v) is 9.57. The van der Waals surface area contributed by atoms with Gasteiger partial charge in [-0.25, -0.2) is 0 Å². The Morgan fingerprint density at radius 1 is 0.719 bits per heavy atom. The van der Waals surface area contributed by atoms with Crippen LogP contribution in [-0.2, 0) is 6.42 Å². The molecule has 0 heterocycles. The molecule has 0 heteroatoms. The molecule has 160 valence electrons. The monoisotopic (exact) mass is 416 g/mol. The number of benzene rings is 4. The summed E-state index contributed by atoms with van der Waals surface area (Å²) in [5.74, 6) is 0. The van der Waals surface area contributed by atoms with Gasteiger partial charge in [-0.1, -0.05) is 71.8 Å². The Kier molecular flexibility index (Phi) is 5.25. The van der Waals surface area contributed by atoms with Gasteiger partial charge in [-0.15, -0.1) is 0 Å². The molecular weight excluding hydrogens is 384 g/mol. The van der Waals surface area contributed by atoms with Crippen LogP contribution in [0.5, 0.6) is 0 Å². The van der Waals surface area contributed by atoms with E-state index < -0.39 is 0 Å².